The first-order chi connectivity index (χ1) is 8.90. The fourth-order valence-electron chi connectivity index (χ4n) is 1.86. The number of ether oxygens (including phenoxy) is 1. The van der Waals surface area contributed by atoms with Crippen LogP contribution in [0.2, 0.25) is 0 Å². The van der Waals surface area contributed by atoms with E-state index in [0.29, 0.717) is 0 Å². The van der Waals surface area contributed by atoms with Crippen LogP contribution in [0.25, 0.3) is 11.1 Å². The van der Waals surface area contributed by atoms with E-state index in [-0.39, 0.29) is 0 Å². The van der Waals surface area contributed by atoms with Gasteiger partial charge in [0, 0.05) is 25.9 Å². The molecule has 94 valence electrons. The van der Waals surface area contributed by atoms with Crippen molar-refractivity contribution in [3.63, 3.8) is 0 Å². The zero-order valence-electron chi connectivity index (χ0n) is 10.7. The van der Waals surface area contributed by atoms with Gasteiger partial charge in [0.15, 0.2) is 0 Å². The van der Waals surface area contributed by atoms with Crippen LogP contribution >= 0.6 is 0 Å². The van der Waals surface area contributed by atoms with Gasteiger partial charge in [-0.3, -0.25) is 0 Å². The molecule has 2 rings (SSSR count). The maximum atomic E-state index is 5.02. The van der Waals surface area contributed by atoms with Crippen molar-refractivity contribution >= 4 is 5.69 Å². The Morgan fingerprint density at radius 1 is 0.889 bits per heavy atom. The highest BCUT2D eigenvalue weighted by Gasteiger charge is 1.96. The summed E-state index contributed by atoms with van der Waals surface area (Å²) in [6, 6.07) is 18.9. The van der Waals surface area contributed by atoms with Crippen molar-refractivity contribution in [2.45, 2.75) is 6.42 Å². The number of hydrogen-bond donors (Lipinski definition) is 1. The van der Waals surface area contributed by atoms with Crippen LogP contribution in [0.5, 0.6) is 0 Å². The molecular formula is C16H19NO. The van der Waals surface area contributed by atoms with Crippen LogP contribution in [-0.2, 0) is 4.74 Å². The predicted molar refractivity (Wildman–Crippen MR) is 76.9 cm³/mol. The number of rotatable bonds is 6. The highest BCUT2D eigenvalue weighted by atomic mass is 16.5. The molecule has 0 spiro atoms. The summed E-state index contributed by atoms with van der Waals surface area (Å²) in [6.45, 7) is 1.74. The van der Waals surface area contributed by atoms with Gasteiger partial charge in [0.2, 0.25) is 0 Å². The molecule has 0 aliphatic carbocycles. The summed E-state index contributed by atoms with van der Waals surface area (Å²) in [5, 5.41) is 3.38. The van der Waals surface area contributed by atoms with Crippen LogP contribution < -0.4 is 5.32 Å². The molecular weight excluding hydrogens is 222 g/mol. The van der Waals surface area contributed by atoms with Gasteiger partial charge in [-0.2, -0.15) is 0 Å². The summed E-state index contributed by atoms with van der Waals surface area (Å²) >= 11 is 0. The fraction of sp³-hybridized carbons (Fsp3) is 0.250. The van der Waals surface area contributed by atoms with E-state index in [1.165, 1.54) is 11.1 Å². The molecule has 0 amide bonds. The van der Waals surface area contributed by atoms with Crippen LogP contribution in [0.1, 0.15) is 6.42 Å². The number of benzene rings is 2. The van der Waals surface area contributed by atoms with Gasteiger partial charge >= 0.3 is 0 Å². The van der Waals surface area contributed by atoms with Gasteiger partial charge in [-0.15, -0.1) is 0 Å². The second-order valence-electron chi connectivity index (χ2n) is 4.22. The van der Waals surface area contributed by atoms with Crippen LogP contribution in [0.3, 0.4) is 0 Å². The van der Waals surface area contributed by atoms with Crippen molar-refractivity contribution in [2.24, 2.45) is 0 Å². The van der Waals surface area contributed by atoms with E-state index in [1.54, 1.807) is 7.11 Å². The molecule has 0 fully saturated rings. The van der Waals surface area contributed by atoms with Gasteiger partial charge in [-0.1, -0.05) is 42.5 Å². The van der Waals surface area contributed by atoms with Gasteiger partial charge in [-0.25, -0.2) is 0 Å². The van der Waals surface area contributed by atoms with E-state index in [1.807, 2.05) is 6.07 Å². The van der Waals surface area contributed by atoms with E-state index in [0.717, 1.165) is 25.3 Å². The molecule has 0 saturated heterocycles. The Bertz CT molecular complexity index is 450. The normalized spacial score (nSPS) is 10.3. The second-order valence-corrected chi connectivity index (χ2v) is 4.22. The Morgan fingerprint density at radius 2 is 1.56 bits per heavy atom. The number of methoxy groups -OCH3 is 1. The fourth-order valence-corrected chi connectivity index (χ4v) is 1.86. The van der Waals surface area contributed by atoms with Crippen LogP contribution in [0.15, 0.2) is 54.6 Å². The molecule has 0 radical (unpaired) electrons. The first-order valence-electron chi connectivity index (χ1n) is 6.28. The maximum absolute atomic E-state index is 5.02. The van der Waals surface area contributed by atoms with Gasteiger partial charge in [0.25, 0.3) is 0 Å². The lowest BCUT2D eigenvalue weighted by Crippen LogP contribution is -2.04. The SMILES string of the molecule is COCCCNc1ccc(-c2ccccc2)cc1. The molecule has 18 heavy (non-hydrogen) atoms. The predicted octanol–water partition coefficient (Wildman–Crippen LogP) is 3.80. The third-order valence-electron chi connectivity index (χ3n) is 2.85. The monoisotopic (exact) mass is 241 g/mol. The minimum atomic E-state index is 0.801. The summed E-state index contributed by atoms with van der Waals surface area (Å²) in [4.78, 5) is 0. The average molecular weight is 241 g/mol. The molecule has 2 aromatic rings. The quantitative estimate of drug-likeness (QED) is 0.777. The lowest BCUT2D eigenvalue weighted by molar-refractivity contribution is 0.198. The number of anilines is 1. The highest BCUT2D eigenvalue weighted by Crippen LogP contribution is 2.20. The summed E-state index contributed by atoms with van der Waals surface area (Å²) < 4.78 is 5.02. The number of nitrogens with one attached hydrogen (secondary N) is 1. The largest absolute Gasteiger partial charge is 0.385 e. The lowest BCUT2D eigenvalue weighted by Gasteiger charge is -2.07. The van der Waals surface area contributed by atoms with Crippen LogP contribution in [0, 0.1) is 0 Å². The van der Waals surface area contributed by atoms with E-state index in [4.69, 9.17) is 4.74 Å². The van der Waals surface area contributed by atoms with Crippen molar-refractivity contribution in [2.75, 3.05) is 25.6 Å². The Balaban J connectivity index is 1.94. The topological polar surface area (TPSA) is 21.3 Å². The maximum Gasteiger partial charge on any atom is 0.0479 e. The third kappa shape index (κ3) is 3.60. The van der Waals surface area contributed by atoms with Crippen molar-refractivity contribution in [1.29, 1.82) is 0 Å². The van der Waals surface area contributed by atoms with E-state index < -0.39 is 0 Å². The standard InChI is InChI=1S/C16H19NO/c1-18-13-5-12-17-16-10-8-15(9-11-16)14-6-3-2-4-7-14/h2-4,6-11,17H,5,12-13H2,1H3. The minimum Gasteiger partial charge on any atom is -0.385 e. The summed E-state index contributed by atoms with van der Waals surface area (Å²) in [6.07, 6.45) is 1.02. The van der Waals surface area contributed by atoms with Crippen molar-refractivity contribution in [3.05, 3.63) is 54.6 Å². The Morgan fingerprint density at radius 3 is 2.22 bits per heavy atom. The molecule has 0 aromatic heterocycles. The van der Waals surface area contributed by atoms with E-state index in [2.05, 4.69) is 53.8 Å². The zero-order valence-corrected chi connectivity index (χ0v) is 10.7. The molecule has 2 aromatic carbocycles. The van der Waals surface area contributed by atoms with Crippen LogP contribution in [0.4, 0.5) is 5.69 Å². The lowest BCUT2D eigenvalue weighted by atomic mass is 10.1. The molecule has 0 unspecified atom stereocenters. The molecule has 0 atom stereocenters. The molecule has 0 bridgehead atoms. The second kappa shape index (κ2) is 6.82. The van der Waals surface area contributed by atoms with Gasteiger partial charge in [-0.05, 0) is 29.7 Å². The molecule has 2 heteroatoms. The first-order valence-corrected chi connectivity index (χ1v) is 6.28. The third-order valence-corrected chi connectivity index (χ3v) is 2.85. The van der Waals surface area contributed by atoms with Crippen molar-refractivity contribution in [3.8, 4) is 11.1 Å². The molecule has 1 N–H and O–H groups in total. The van der Waals surface area contributed by atoms with E-state index in [9.17, 15) is 0 Å². The molecule has 2 nitrogen and oxygen atoms in total. The average Bonchev–Trinajstić information content (AvgIpc) is 2.45. The van der Waals surface area contributed by atoms with Crippen molar-refractivity contribution < 1.29 is 4.74 Å². The van der Waals surface area contributed by atoms with E-state index >= 15 is 0 Å². The first kappa shape index (κ1) is 12.7. The minimum absolute atomic E-state index is 0.801. The van der Waals surface area contributed by atoms with Crippen LogP contribution in [-0.4, -0.2) is 20.3 Å². The Labute approximate surface area is 109 Å². The van der Waals surface area contributed by atoms with Gasteiger partial charge in [0.1, 0.15) is 0 Å². The highest BCUT2D eigenvalue weighted by molar-refractivity contribution is 5.65. The molecule has 0 saturated carbocycles. The molecule has 0 aliphatic rings. The summed E-state index contributed by atoms with van der Waals surface area (Å²) in [5.74, 6) is 0. The zero-order chi connectivity index (χ0) is 12.6. The Kier molecular flexibility index (Phi) is 4.79. The molecule has 0 aliphatic heterocycles. The van der Waals surface area contributed by atoms with Gasteiger partial charge in [0.05, 0.1) is 0 Å². The van der Waals surface area contributed by atoms with Crippen molar-refractivity contribution in [1.82, 2.24) is 0 Å². The smallest absolute Gasteiger partial charge is 0.0479 e. The summed E-state index contributed by atoms with van der Waals surface area (Å²) in [5.41, 5.74) is 3.66. The Hall–Kier alpha value is -1.80. The van der Waals surface area contributed by atoms with Gasteiger partial charge < -0.3 is 10.1 Å². The molecule has 0 heterocycles. The number of hydrogen-bond acceptors (Lipinski definition) is 2. The summed E-state index contributed by atoms with van der Waals surface area (Å²) in [7, 11) is 1.73.